The van der Waals surface area contributed by atoms with E-state index in [-0.39, 0.29) is 5.82 Å². The summed E-state index contributed by atoms with van der Waals surface area (Å²) in [5.74, 6) is -0.230. The van der Waals surface area contributed by atoms with E-state index in [9.17, 15) is 4.39 Å². The Hall–Kier alpha value is 0.110. The number of benzene rings is 1. The van der Waals surface area contributed by atoms with Gasteiger partial charge in [-0.1, -0.05) is 15.9 Å². The molecule has 0 aliphatic carbocycles. The van der Waals surface area contributed by atoms with E-state index in [1.54, 1.807) is 0 Å². The minimum atomic E-state index is -0.230. The maximum atomic E-state index is 12.8. The van der Waals surface area contributed by atoms with Crippen LogP contribution in [0.3, 0.4) is 0 Å². The van der Waals surface area contributed by atoms with Crippen molar-refractivity contribution in [3.8, 4) is 0 Å². The summed E-state index contributed by atoms with van der Waals surface area (Å²) in [6.07, 6.45) is 0. The molecule has 0 heterocycles. The molecule has 0 aliphatic rings. The van der Waals surface area contributed by atoms with Gasteiger partial charge in [0.25, 0.3) is 0 Å². The number of aryl methyl sites for hydroxylation is 1. The first-order valence-corrected chi connectivity index (χ1v) is 4.31. The number of hydrogen-bond donors (Lipinski definition) is 0. The zero-order valence-electron chi connectivity index (χ0n) is 5.29. The summed E-state index contributed by atoms with van der Waals surface area (Å²) in [4.78, 5) is 0. The van der Waals surface area contributed by atoms with Gasteiger partial charge >= 0.3 is 0 Å². The smallest absolute Gasteiger partial charge is 0.138 e. The largest absolute Gasteiger partial charge is 0.206 e. The van der Waals surface area contributed by atoms with Crippen molar-refractivity contribution >= 4 is 31.9 Å². The van der Waals surface area contributed by atoms with Gasteiger partial charge in [0.2, 0.25) is 0 Å². The molecule has 0 aliphatic heterocycles. The van der Waals surface area contributed by atoms with E-state index in [1.807, 2.05) is 13.0 Å². The SMILES string of the molecule is Cc1cc(Br)cc(F)c1Br. The van der Waals surface area contributed by atoms with E-state index in [0.29, 0.717) is 4.47 Å². The normalized spacial score (nSPS) is 10.0. The Bertz CT molecular complexity index is 235. The van der Waals surface area contributed by atoms with Crippen molar-refractivity contribution in [2.24, 2.45) is 0 Å². The van der Waals surface area contributed by atoms with E-state index >= 15 is 0 Å². The Labute approximate surface area is 75.7 Å². The monoisotopic (exact) mass is 266 g/mol. The van der Waals surface area contributed by atoms with Gasteiger partial charge in [0.1, 0.15) is 5.82 Å². The van der Waals surface area contributed by atoms with Crippen LogP contribution in [0.25, 0.3) is 0 Å². The molecular weight excluding hydrogens is 263 g/mol. The molecule has 0 N–H and O–H groups in total. The number of halogens is 3. The Morgan fingerprint density at radius 1 is 1.30 bits per heavy atom. The lowest BCUT2D eigenvalue weighted by Gasteiger charge is -1.99. The molecule has 0 spiro atoms. The van der Waals surface area contributed by atoms with Gasteiger partial charge < -0.3 is 0 Å². The van der Waals surface area contributed by atoms with Crippen LogP contribution in [0.4, 0.5) is 4.39 Å². The second kappa shape index (κ2) is 3.01. The highest BCUT2D eigenvalue weighted by Gasteiger charge is 2.02. The highest BCUT2D eigenvalue weighted by molar-refractivity contribution is 9.11. The highest BCUT2D eigenvalue weighted by Crippen LogP contribution is 2.24. The van der Waals surface area contributed by atoms with Crippen LogP contribution in [-0.2, 0) is 0 Å². The predicted octanol–water partition coefficient (Wildman–Crippen LogP) is 3.66. The van der Waals surface area contributed by atoms with E-state index < -0.39 is 0 Å². The second-order valence-electron chi connectivity index (χ2n) is 2.02. The van der Waals surface area contributed by atoms with E-state index in [1.165, 1.54) is 6.07 Å². The van der Waals surface area contributed by atoms with Crippen LogP contribution in [-0.4, -0.2) is 0 Å². The first-order valence-electron chi connectivity index (χ1n) is 2.72. The quantitative estimate of drug-likeness (QED) is 0.630. The zero-order valence-corrected chi connectivity index (χ0v) is 8.46. The van der Waals surface area contributed by atoms with Crippen LogP contribution in [0.1, 0.15) is 5.56 Å². The van der Waals surface area contributed by atoms with Gasteiger partial charge in [-0.05, 0) is 40.5 Å². The molecule has 0 atom stereocenters. The summed E-state index contributed by atoms with van der Waals surface area (Å²) >= 11 is 6.30. The summed E-state index contributed by atoms with van der Waals surface area (Å²) in [7, 11) is 0. The third-order valence-electron chi connectivity index (χ3n) is 1.17. The molecule has 1 aromatic rings. The number of rotatable bonds is 0. The van der Waals surface area contributed by atoms with Crippen LogP contribution in [0.5, 0.6) is 0 Å². The van der Waals surface area contributed by atoms with E-state index in [4.69, 9.17) is 0 Å². The third-order valence-corrected chi connectivity index (χ3v) is 2.64. The maximum absolute atomic E-state index is 12.8. The fraction of sp³-hybridized carbons (Fsp3) is 0.143. The number of hydrogen-bond acceptors (Lipinski definition) is 0. The molecule has 0 nitrogen and oxygen atoms in total. The first kappa shape index (κ1) is 8.21. The van der Waals surface area contributed by atoms with E-state index in [0.717, 1.165) is 10.0 Å². The van der Waals surface area contributed by atoms with Crippen LogP contribution in [0.15, 0.2) is 21.1 Å². The lowest BCUT2D eigenvalue weighted by molar-refractivity contribution is 0.618. The average Bonchev–Trinajstić information content (AvgIpc) is 1.82. The molecule has 0 amide bonds. The van der Waals surface area contributed by atoms with Gasteiger partial charge in [0.15, 0.2) is 0 Å². The first-order chi connectivity index (χ1) is 4.61. The van der Waals surface area contributed by atoms with Gasteiger partial charge in [-0.25, -0.2) is 4.39 Å². The zero-order chi connectivity index (χ0) is 7.72. The summed E-state index contributed by atoms with van der Waals surface area (Å²) in [5.41, 5.74) is 0.895. The molecule has 1 rings (SSSR count). The molecule has 1 aromatic carbocycles. The lowest BCUT2D eigenvalue weighted by Crippen LogP contribution is -1.81. The lowest BCUT2D eigenvalue weighted by atomic mass is 10.2. The minimum Gasteiger partial charge on any atom is -0.206 e. The molecule has 0 saturated carbocycles. The Kier molecular flexibility index (Phi) is 2.47. The van der Waals surface area contributed by atoms with Gasteiger partial charge in [0.05, 0.1) is 4.47 Å². The van der Waals surface area contributed by atoms with Gasteiger partial charge in [0, 0.05) is 4.47 Å². The van der Waals surface area contributed by atoms with Gasteiger partial charge in [-0.15, -0.1) is 0 Å². The van der Waals surface area contributed by atoms with E-state index in [2.05, 4.69) is 31.9 Å². The molecule has 0 fully saturated rings. The molecule has 10 heavy (non-hydrogen) atoms. The molecular formula is C7H5Br2F. The Morgan fingerprint density at radius 2 is 1.90 bits per heavy atom. The van der Waals surface area contributed by atoms with Crippen LogP contribution >= 0.6 is 31.9 Å². The van der Waals surface area contributed by atoms with Crippen molar-refractivity contribution < 1.29 is 4.39 Å². The summed E-state index contributed by atoms with van der Waals surface area (Å²) in [6.45, 7) is 1.85. The van der Waals surface area contributed by atoms with Gasteiger partial charge in [-0.3, -0.25) is 0 Å². The third kappa shape index (κ3) is 1.58. The molecule has 0 bridgehead atoms. The average molecular weight is 268 g/mol. The van der Waals surface area contributed by atoms with Crippen molar-refractivity contribution in [1.82, 2.24) is 0 Å². The highest BCUT2D eigenvalue weighted by atomic mass is 79.9. The van der Waals surface area contributed by atoms with Crippen molar-refractivity contribution in [3.63, 3.8) is 0 Å². The molecule has 0 aromatic heterocycles. The van der Waals surface area contributed by atoms with Gasteiger partial charge in [-0.2, -0.15) is 0 Å². The molecule has 0 radical (unpaired) electrons. The molecule has 54 valence electrons. The Balaban J connectivity index is 3.31. The predicted molar refractivity (Wildman–Crippen MR) is 46.5 cm³/mol. The van der Waals surface area contributed by atoms with Crippen molar-refractivity contribution in [1.29, 1.82) is 0 Å². The summed E-state index contributed by atoms with van der Waals surface area (Å²) in [5, 5.41) is 0. The fourth-order valence-corrected chi connectivity index (χ4v) is 1.46. The topological polar surface area (TPSA) is 0 Å². The van der Waals surface area contributed by atoms with Crippen LogP contribution in [0.2, 0.25) is 0 Å². The summed E-state index contributed by atoms with van der Waals surface area (Å²) in [6, 6.07) is 3.28. The fourth-order valence-electron chi connectivity index (χ4n) is 0.685. The molecule has 0 saturated heterocycles. The summed E-state index contributed by atoms with van der Waals surface area (Å²) < 4.78 is 14.1. The van der Waals surface area contributed by atoms with Crippen molar-refractivity contribution in [3.05, 3.63) is 32.5 Å². The Morgan fingerprint density at radius 3 is 2.40 bits per heavy atom. The van der Waals surface area contributed by atoms with Crippen molar-refractivity contribution in [2.45, 2.75) is 6.92 Å². The maximum Gasteiger partial charge on any atom is 0.138 e. The van der Waals surface area contributed by atoms with Crippen molar-refractivity contribution in [2.75, 3.05) is 0 Å². The second-order valence-corrected chi connectivity index (χ2v) is 3.73. The standard InChI is InChI=1S/C7H5Br2F/c1-4-2-5(8)3-6(10)7(4)9/h2-3H,1H3. The van der Waals surface area contributed by atoms with Crippen LogP contribution < -0.4 is 0 Å². The molecule has 3 heteroatoms. The minimum absolute atomic E-state index is 0.230. The van der Waals surface area contributed by atoms with Crippen LogP contribution in [0, 0.1) is 12.7 Å². The molecule has 0 unspecified atom stereocenters.